The minimum Gasteiger partial charge on any atom is -0.504 e. The summed E-state index contributed by atoms with van der Waals surface area (Å²) in [5.41, 5.74) is 2.32. The molecule has 1 aromatic heterocycles. The van der Waals surface area contributed by atoms with Gasteiger partial charge in [0, 0.05) is 30.2 Å². The fourth-order valence-electron chi connectivity index (χ4n) is 2.48. The first-order valence-corrected chi connectivity index (χ1v) is 8.62. The van der Waals surface area contributed by atoms with E-state index in [-0.39, 0.29) is 11.7 Å². The first-order valence-electron chi connectivity index (χ1n) is 8.62. The van der Waals surface area contributed by atoms with E-state index in [1.54, 1.807) is 42.7 Å². The predicted molar refractivity (Wildman–Crippen MR) is 107 cm³/mol. The van der Waals surface area contributed by atoms with Gasteiger partial charge >= 0.3 is 0 Å². The van der Waals surface area contributed by atoms with E-state index >= 15 is 0 Å². The van der Waals surface area contributed by atoms with Gasteiger partial charge < -0.3 is 19.9 Å². The van der Waals surface area contributed by atoms with E-state index in [0.29, 0.717) is 29.4 Å². The van der Waals surface area contributed by atoms with Crippen molar-refractivity contribution in [1.29, 1.82) is 0 Å². The topological polar surface area (TPSA) is 80.7 Å². The molecule has 2 aromatic carbocycles. The number of nitrogens with zero attached hydrogens (tertiary/aromatic N) is 1. The van der Waals surface area contributed by atoms with Crippen LogP contribution in [-0.4, -0.2) is 23.1 Å². The van der Waals surface area contributed by atoms with Crippen molar-refractivity contribution in [2.45, 2.75) is 6.61 Å². The molecule has 0 unspecified atom stereocenters. The summed E-state index contributed by atoms with van der Waals surface area (Å²) in [7, 11) is 1.48. The van der Waals surface area contributed by atoms with Crippen LogP contribution in [0.5, 0.6) is 17.2 Å². The number of hydrogen-bond acceptors (Lipinski definition) is 5. The highest BCUT2D eigenvalue weighted by Gasteiger charge is 2.03. The number of aromatic hydroxyl groups is 1. The summed E-state index contributed by atoms with van der Waals surface area (Å²) >= 11 is 0. The van der Waals surface area contributed by atoms with Gasteiger partial charge in [0.1, 0.15) is 12.4 Å². The van der Waals surface area contributed by atoms with E-state index in [0.717, 1.165) is 5.56 Å². The Bertz CT molecular complexity index is 971. The third-order valence-electron chi connectivity index (χ3n) is 3.89. The molecule has 0 spiro atoms. The standard InChI is InChI=1S/C22H20N2O4/c1-27-21-7-5-16(13-20(21)25)6-8-22(26)24-18-3-2-4-19(14-18)28-15-17-9-11-23-12-10-17/h2-14,25H,15H2,1H3,(H,24,26). The summed E-state index contributed by atoms with van der Waals surface area (Å²) in [6, 6.07) is 15.8. The number of anilines is 1. The van der Waals surface area contributed by atoms with Crippen molar-refractivity contribution in [2.24, 2.45) is 0 Å². The fraction of sp³-hybridized carbons (Fsp3) is 0.0909. The number of carbonyl (C=O) groups is 1. The van der Waals surface area contributed by atoms with Crippen LogP contribution in [0.25, 0.3) is 6.08 Å². The van der Waals surface area contributed by atoms with Crippen LogP contribution in [0.15, 0.2) is 73.1 Å². The summed E-state index contributed by atoms with van der Waals surface area (Å²) in [6.45, 7) is 0.417. The highest BCUT2D eigenvalue weighted by atomic mass is 16.5. The van der Waals surface area contributed by atoms with Gasteiger partial charge in [-0.15, -0.1) is 0 Å². The molecular weight excluding hydrogens is 356 g/mol. The van der Waals surface area contributed by atoms with Crippen LogP contribution >= 0.6 is 0 Å². The van der Waals surface area contributed by atoms with Crippen molar-refractivity contribution < 1.29 is 19.4 Å². The van der Waals surface area contributed by atoms with Crippen molar-refractivity contribution in [3.63, 3.8) is 0 Å². The Morgan fingerprint density at radius 2 is 1.96 bits per heavy atom. The quantitative estimate of drug-likeness (QED) is 0.609. The SMILES string of the molecule is COc1ccc(C=CC(=O)Nc2cccc(OCc3ccncc3)c2)cc1O. The second kappa shape index (κ2) is 9.23. The highest BCUT2D eigenvalue weighted by Crippen LogP contribution is 2.26. The van der Waals surface area contributed by atoms with Gasteiger partial charge in [-0.05, 0) is 53.6 Å². The van der Waals surface area contributed by atoms with Crippen LogP contribution in [0.1, 0.15) is 11.1 Å². The lowest BCUT2D eigenvalue weighted by molar-refractivity contribution is -0.111. The Labute approximate surface area is 163 Å². The Morgan fingerprint density at radius 1 is 1.14 bits per heavy atom. The zero-order valence-electron chi connectivity index (χ0n) is 15.3. The van der Waals surface area contributed by atoms with Gasteiger partial charge in [-0.25, -0.2) is 0 Å². The van der Waals surface area contributed by atoms with Crippen molar-refractivity contribution in [3.8, 4) is 17.2 Å². The molecule has 3 rings (SSSR count). The van der Waals surface area contributed by atoms with Crippen LogP contribution in [0, 0.1) is 0 Å². The number of hydrogen-bond donors (Lipinski definition) is 2. The van der Waals surface area contributed by atoms with Crippen molar-refractivity contribution >= 4 is 17.7 Å². The fourth-order valence-corrected chi connectivity index (χ4v) is 2.48. The Balaban J connectivity index is 1.58. The molecule has 0 saturated heterocycles. The number of rotatable bonds is 7. The van der Waals surface area contributed by atoms with Crippen molar-refractivity contribution in [2.75, 3.05) is 12.4 Å². The Morgan fingerprint density at radius 3 is 2.71 bits per heavy atom. The molecule has 0 fully saturated rings. The minimum atomic E-state index is -0.290. The van der Waals surface area contributed by atoms with Gasteiger partial charge in [0.25, 0.3) is 0 Å². The number of amides is 1. The molecule has 142 valence electrons. The van der Waals surface area contributed by atoms with Crippen LogP contribution < -0.4 is 14.8 Å². The number of aromatic nitrogens is 1. The third kappa shape index (κ3) is 5.35. The lowest BCUT2D eigenvalue weighted by Gasteiger charge is -2.08. The first-order chi connectivity index (χ1) is 13.6. The summed E-state index contributed by atoms with van der Waals surface area (Å²) < 4.78 is 10.7. The lowest BCUT2D eigenvalue weighted by atomic mass is 10.2. The average molecular weight is 376 g/mol. The average Bonchev–Trinajstić information content (AvgIpc) is 2.72. The molecule has 0 atom stereocenters. The summed E-state index contributed by atoms with van der Waals surface area (Å²) in [5, 5.41) is 12.6. The number of pyridine rings is 1. The Kier molecular flexibility index (Phi) is 6.25. The van der Waals surface area contributed by atoms with E-state index in [4.69, 9.17) is 9.47 Å². The van der Waals surface area contributed by atoms with Crippen molar-refractivity contribution in [3.05, 3.63) is 84.2 Å². The van der Waals surface area contributed by atoms with E-state index in [1.807, 2.05) is 24.3 Å². The molecule has 6 nitrogen and oxygen atoms in total. The van der Waals surface area contributed by atoms with Gasteiger partial charge in [-0.1, -0.05) is 12.1 Å². The normalized spacial score (nSPS) is 10.6. The molecule has 6 heteroatoms. The number of phenolic OH excluding ortho intramolecular Hbond substituents is 1. The maximum absolute atomic E-state index is 12.2. The molecule has 0 radical (unpaired) electrons. The number of phenols is 1. The maximum Gasteiger partial charge on any atom is 0.248 e. The number of nitrogens with one attached hydrogen (secondary N) is 1. The molecule has 0 saturated carbocycles. The van der Waals surface area contributed by atoms with Gasteiger partial charge in [0.2, 0.25) is 5.91 Å². The van der Waals surface area contributed by atoms with E-state index in [9.17, 15) is 9.90 Å². The number of ether oxygens (including phenoxy) is 2. The monoisotopic (exact) mass is 376 g/mol. The summed E-state index contributed by atoms with van der Waals surface area (Å²) in [4.78, 5) is 16.1. The van der Waals surface area contributed by atoms with Crippen LogP contribution in [-0.2, 0) is 11.4 Å². The molecule has 3 aromatic rings. The number of methoxy groups -OCH3 is 1. The van der Waals surface area contributed by atoms with E-state index in [2.05, 4.69) is 10.3 Å². The summed E-state index contributed by atoms with van der Waals surface area (Å²) in [5.74, 6) is 0.759. The smallest absolute Gasteiger partial charge is 0.248 e. The molecule has 1 amide bonds. The van der Waals surface area contributed by atoms with Crippen LogP contribution in [0.3, 0.4) is 0 Å². The van der Waals surface area contributed by atoms with Gasteiger partial charge in [-0.3, -0.25) is 9.78 Å². The van der Waals surface area contributed by atoms with Crippen LogP contribution in [0.4, 0.5) is 5.69 Å². The second-order valence-electron chi connectivity index (χ2n) is 5.93. The minimum absolute atomic E-state index is 0.0177. The number of carbonyl (C=O) groups excluding carboxylic acids is 1. The molecule has 0 aliphatic carbocycles. The molecule has 0 bridgehead atoms. The zero-order chi connectivity index (χ0) is 19.8. The van der Waals surface area contributed by atoms with Gasteiger partial charge in [0.05, 0.1) is 7.11 Å². The molecular formula is C22H20N2O4. The Hall–Kier alpha value is -3.80. The molecule has 0 aliphatic rings. The number of benzene rings is 2. The van der Waals surface area contributed by atoms with E-state index < -0.39 is 0 Å². The largest absolute Gasteiger partial charge is 0.504 e. The third-order valence-corrected chi connectivity index (χ3v) is 3.89. The van der Waals surface area contributed by atoms with E-state index in [1.165, 1.54) is 19.3 Å². The molecule has 1 heterocycles. The van der Waals surface area contributed by atoms with Crippen molar-refractivity contribution in [1.82, 2.24) is 4.98 Å². The first kappa shape index (κ1) is 19.0. The van der Waals surface area contributed by atoms with Crippen LogP contribution in [0.2, 0.25) is 0 Å². The summed E-state index contributed by atoms with van der Waals surface area (Å²) in [6.07, 6.45) is 6.43. The maximum atomic E-state index is 12.2. The van der Waals surface area contributed by atoms with Gasteiger partial charge in [-0.2, -0.15) is 0 Å². The molecule has 2 N–H and O–H groups in total. The second-order valence-corrected chi connectivity index (χ2v) is 5.93. The zero-order valence-corrected chi connectivity index (χ0v) is 15.3. The van der Waals surface area contributed by atoms with Gasteiger partial charge in [0.15, 0.2) is 11.5 Å². The molecule has 0 aliphatic heterocycles. The lowest BCUT2D eigenvalue weighted by Crippen LogP contribution is -2.07. The predicted octanol–water partition coefficient (Wildman–Crippen LogP) is 4.03. The highest BCUT2D eigenvalue weighted by molar-refractivity contribution is 6.02. The molecule has 28 heavy (non-hydrogen) atoms.